The number of aromatic nitrogens is 1. The zero-order valence-electron chi connectivity index (χ0n) is 8.29. The van der Waals surface area contributed by atoms with Gasteiger partial charge in [0, 0.05) is 35.3 Å². The Kier molecular flexibility index (Phi) is 2.93. The fraction of sp³-hybridized carbons (Fsp3) is 0.100. The summed E-state index contributed by atoms with van der Waals surface area (Å²) in [5, 5.41) is 11.4. The van der Waals surface area contributed by atoms with Crippen molar-refractivity contribution in [2.45, 2.75) is 6.54 Å². The number of nitrogens with zero attached hydrogens (tertiary/aromatic N) is 2. The van der Waals surface area contributed by atoms with Gasteiger partial charge in [0.25, 0.3) is 5.69 Å². The molecule has 0 saturated carbocycles. The molecule has 0 aliphatic heterocycles. The van der Waals surface area contributed by atoms with Gasteiger partial charge in [0.15, 0.2) is 0 Å². The molecule has 82 valence electrons. The number of hydrogen-bond donors (Lipinski definition) is 1. The Hall–Kier alpha value is -1.79. The Morgan fingerprint density at radius 3 is 2.94 bits per heavy atom. The predicted octanol–water partition coefficient (Wildman–Crippen LogP) is 2.18. The number of nitro groups is 1. The molecule has 0 saturated heterocycles. The number of thiazole rings is 1. The van der Waals surface area contributed by atoms with E-state index < -0.39 is 4.92 Å². The Balaban J connectivity index is 2.40. The van der Waals surface area contributed by atoms with Crippen molar-refractivity contribution in [3.8, 4) is 10.6 Å². The van der Waals surface area contributed by atoms with Crippen molar-refractivity contribution in [1.82, 2.24) is 4.98 Å². The molecule has 16 heavy (non-hydrogen) atoms. The first-order chi connectivity index (χ1) is 7.70. The zero-order chi connectivity index (χ0) is 11.5. The topological polar surface area (TPSA) is 82.0 Å². The molecule has 1 aromatic heterocycles. The van der Waals surface area contributed by atoms with Gasteiger partial charge in [-0.15, -0.1) is 11.3 Å². The maximum atomic E-state index is 10.6. The number of benzene rings is 1. The summed E-state index contributed by atoms with van der Waals surface area (Å²) in [4.78, 5) is 15.3. The minimum Gasteiger partial charge on any atom is -0.326 e. The first-order valence-electron chi connectivity index (χ1n) is 4.60. The number of rotatable bonds is 3. The molecular formula is C10H9N3O2S. The number of nitrogens with two attached hydrogens (primary N) is 1. The molecule has 0 atom stereocenters. The van der Waals surface area contributed by atoms with Gasteiger partial charge in [0.05, 0.1) is 4.92 Å². The van der Waals surface area contributed by atoms with Crippen LogP contribution >= 0.6 is 11.3 Å². The average molecular weight is 235 g/mol. The van der Waals surface area contributed by atoms with Gasteiger partial charge in [-0.3, -0.25) is 10.1 Å². The Bertz CT molecular complexity index is 524. The van der Waals surface area contributed by atoms with Crippen LogP contribution in [0.15, 0.2) is 30.5 Å². The lowest BCUT2D eigenvalue weighted by Gasteiger charge is -1.95. The van der Waals surface area contributed by atoms with E-state index in [0.29, 0.717) is 6.54 Å². The van der Waals surface area contributed by atoms with Crippen LogP contribution in [0.25, 0.3) is 10.6 Å². The molecule has 2 rings (SSSR count). The highest BCUT2D eigenvalue weighted by atomic mass is 32.1. The smallest absolute Gasteiger partial charge is 0.270 e. The molecule has 0 amide bonds. The highest BCUT2D eigenvalue weighted by Crippen LogP contribution is 2.27. The first-order valence-corrected chi connectivity index (χ1v) is 5.42. The van der Waals surface area contributed by atoms with E-state index in [9.17, 15) is 10.1 Å². The molecule has 0 aliphatic carbocycles. The van der Waals surface area contributed by atoms with E-state index in [1.807, 2.05) is 0 Å². The third-order valence-electron chi connectivity index (χ3n) is 2.06. The third kappa shape index (κ3) is 2.07. The monoisotopic (exact) mass is 235 g/mol. The van der Waals surface area contributed by atoms with Crippen LogP contribution in [0.2, 0.25) is 0 Å². The fourth-order valence-electron chi connectivity index (χ4n) is 1.29. The van der Waals surface area contributed by atoms with E-state index in [-0.39, 0.29) is 5.69 Å². The molecule has 0 aliphatic rings. The Labute approximate surface area is 95.7 Å². The molecule has 0 unspecified atom stereocenters. The van der Waals surface area contributed by atoms with Crippen molar-refractivity contribution >= 4 is 17.0 Å². The molecule has 2 N–H and O–H groups in total. The van der Waals surface area contributed by atoms with Crippen molar-refractivity contribution in [1.29, 1.82) is 0 Å². The van der Waals surface area contributed by atoms with E-state index in [4.69, 9.17) is 5.73 Å². The van der Waals surface area contributed by atoms with Crippen LogP contribution in [0.3, 0.4) is 0 Å². The van der Waals surface area contributed by atoms with Crippen molar-refractivity contribution in [3.63, 3.8) is 0 Å². The molecule has 0 radical (unpaired) electrons. The van der Waals surface area contributed by atoms with E-state index >= 15 is 0 Å². The van der Waals surface area contributed by atoms with Gasteiger partial charge >= 0.3 is 0 Å². The van der Waals surface area contributed by atoms with Crippen LogP contribution in [-0.4, -0.2) is 9.91 Å². The van der Waals surface area contributed by atoms with Crippen LogP contribution in [0.5, 0.6) is 0 Å². The van der Waals surface area contributed by atoms with Gasteiger partial charge in [-0.2, -0.15) is 0 Å². The maximum absolute atomic E-state index is 10.6. The number of hydrogen-bond acceptors (Lipinski definition) is 5. The second-order valence-corrected chi connectivity index (χ2v) is 4.26. The summed E-state index contributed by atoms with van der Waals surface area (Å²) in [6.45, 7) is 0.437. The molecule has 1 aromatic carbocycles. The second-order valence-electron chi connectivity index (χ2n) is 3.14. The lowest BCUT2D eigenvalue weighted by atomic mass is 10.2. The second kappa shape index (κ2) is 4.38. The molecule has 2 aromatic rings. The van der Waals surface area contributed by atoms with Crippen molar-refractivity contribution in [2.75, 3.05) is 0 Å². The molecule has 0 bridgehead atoms. The average Bonchev–Trinajstić information content (AvgIpc) is 2.77. The highest BCUT2D eigenvalue weighted by molar-refractivity contribution is 7.15. The van der Waals surface area contributed by atoms with Crippen LogP contribution in [-0.2, 0) is 6.54 Å². The molecule has 6 heteroatoms. The standard InChI is InChI=1S/C10H9N3O2S/c11-5-9-6-12-10(16-9)7-2-1-3-8(4-7)13(14)15/h1-4,6H,5,11H2. The van der Waals surface area contributed by atoms with E-state index in [1.165, 1.54) is 23.5 Å². The number of non-ortho nitro benzene ring substituents is 1. The summed E-state index contributed by atoms with van der Waals surface area (Å²) in [5.74, 6) is 0. The number of nitro benzene ring substituents is 1. The van der Waals surface area contributed by atoms with E-state index in [1.54, 1.807) is 18.3 Å². The molecular weight excluding hydrogens is 226 g/mol. The minimum atomic E-state index is -0.416. The lowest BCUT2D eigenvalue weighted by Crippen LogP contribution is -1.91. The zero-order valence-corrected chi connectivity index (χ0v) is 9.11. The van der Waals surface area contributed by atoms with Crippen molar-refractivity contribution in [3.05, 3.63) is 45.5 Å². The summed E-state index contributed by atoms with van der Waals surface area (Å²) in [7, 11) is 0. The normalized spacial score (nSPS) is 10.3. The summed E-state index contributed by atoms with van der Waals surface area (Å²) >= 11 is 1.45. The Morgan fingerprint density at radius 2 is 2.31 bits per heavy atom. The minimum absolute atomic E-state index is 0.0713. The molecule has 5 nitrogen and oxygen atoms in total. The van der Waals surface area contributed by atoms with Gasteiger partial charge in [-0.25, -0.2) is 4.98 Å². The summed E-state index contributed by atoms with van der Waals surface area (Å²) < 4.78 is 0. The first kappa shape index (κ1) is 10.7. The van der Waals surface area contributed by atoms with Crippen molar-refractivity contribution in [2.24, 2.45) is 5.73 Å². The van der Waals surface area contributed by atoms with Gasteiger partial charge in [-0.05, 0) is 0 Å². The largest absolute Gasteiger partial charge is 0.326 e. The lowest BCUT2D eigenvalue weighted by molar-refractivity contribution is -0.384. The molecule has 1 heterocycles. The molecule has 0 fully saturated rings. The predicted molar refractivity (Wildman–Crippen MR) is 62.1 cm³/mol. The van der Waals surface area contributed by atoms with Crippen LogP contribution < -0.4 is 5.73 Å². The maximum Gasteiger partial charge on any atom is 0.270 e. The Morgan fingerprint density at radius 1 is 1.50 bits per heavy atom. The van der Waals surface area contributed by atoms with Gasteiger partial charge in [-0.1, -0.05) is 12.1 Å². The SMILES string of the molecule is NCc1cnc(-c2cccc([N+](=O)[O-])c2)s1. The van der Waals surface area contributed by atoms with Gasteiger partial charge in [0.2, 0.25) is 0 Å². The van der Waals surface area contributed by atoms with Crippen LogP contribution in [0.1, 0.15) is 4.88 Å². The van der Waals surface area contributed by atoms with Gasteiger partial charge < -0.3 is 5.73 Å². The third-order valence-corrected chi connectivity index (χ3v) is 3.13. The summed E-state index contributed by atoms with van der Waals surface area (Å²) in [6.07, 6.45) is 1.69. The van der Waals surface area contributed by atoms with Crippen molar-refractivity contribution < 1.29 is 4.92 Å². The summed E-state index contributed by atoms with van der Waals surface area (Å²) in [5.41, 5.74) is 6.30. The van der Waals surface area contributed by atoms with E-state index in [2.05, 4.69) is 4.98 Å². The molecule has 0 spiro atoms. The van der Waals surface area contributed by atoms with E-state index in [0.717, 1.165) is 15.4 Å². The van der Waals surface area contributed by atoms with Crippen LogP contribution in [0, 0.1) is 10.1 Å². The van der Waals surface area contributed by atoms with Crippen LogP contribution in [0.4, 0.5) is 5.69 Å². The fourth-order valence-corrected chi connectivity index (χ4v) is 2.08. The summed E-state index contributed by atoms with van der Waals surface area (Å²) in [6, 6.07) is 6.42. The van der Waals surface area contributed by atoms with Gasteiger partial charge in [0.1, 0.15) is 5.01 Å². The highest BCUT2D eigenvalue weighted by Gasteiger charge is 2.09. The quantitative estimate of drug-likeness (QED) is 0.653.